The lowest BCUT2D eigenvalue weighted by Crippen LogP contribution is -2.46. The molecule has 0 atom stereocenters. The van der Waals surface area contributed by atoms with Crippen molar-refractivity contribution in [2.24, 2.45) is 0 Å². The number of aromatic amines is 1. The number of fused-ring (bicyclic) bond motifs is 1. The van der Waals surface area contributed by atoms with Crippen molar-refractivity contribution in [2.75, 3.05) is 31.1 Å². The lowest BCUT2D eigenvalue weighted by atomic mass is 10.0. The highest BCUT2D eigenvalue weighted by molar-refractivity contribution is 7.19. The SMILES string of the molecule is Cc1ccc(-c2c(C)sc3nc(CN4CCN(c5ccc(F)cc5)CC4)[nH]c(=O)c23)cc1. The number of rotatable bonds is 4. The van der Waals surface area contributed by atoms with Crippen LogP contribution in [0, 0.1) is 19.7 Å². The first-order valence-electron chi connectivity index (χ1n) is 10.8. The molecule has 0 unspecified atom stereocenters. The summed E-state index contributed by atoms with van der Waals surface area (Å²) in [5.41, 5.74) is 4.20. The molecule has 0 amide bonds. The summed E-state index contributed by atoms with van der Waals surface area (Å²) in [4.78, 5) is 27.3. The number of H-pyrrole nitrogens is 1. The van der Waals surface area contributed by atoms with E-state index in [1.165, 1.54) is 17.7 Å². The number of hydrogen-bond donors (Lipinski definition) is 1. The zero-order valence-electron chi connectivity index (χ0n) is 18.2. The van der Waals surface area contributed by atoms with Crippen LogP contribution in [-0.2, 0) is 6.54 Å². The second-order valence-corrected chi connectivity index (χ2v) is 9.53. The van der Waals surface area contributed by atoms with Crippen molar-refractivity contribution in [3.8, 4) is 11.1 Å². The summed E-state index contributed by atoms with van der Waals surface area (Å²) in [5, 5.41) is 0.682. The fraction of sp³-hybridized carbons (Fsp3) is 0.280. The van der Waals surface area contributed by atoms with Gasteiger partial charge in [-0.05, 0) is 43.7 Å². The average molecular weight is 449 g/mol. The molecule has 1 aliphatic rings. The summed E-state index contributed by atoms with van der Waals surface area (Å²) in [7, 11) is 0. The minimum Gasteiger partial charge on any atom is -0.369 e. The van der Waals surface area contributed by atoms with Crippen molar-refractivity contribution < 1.29 is 4.39 Å². The number of aromatic nitrogens is 2. The Labute approximate surface area is 190 Å². The van der Waals surface area contributed by atoms with Crippen LogP contribution in [0.15, 0.2) is 53.3 Å². The standard InChI is InChI=1S/C25H25FN4OS/c1-16-3-5-18(6-4-16)22-17(2)32-25-23(22)24(31)27-21(28-25)15-29-11-13-30(14-12-29)20-9-7-19(26)8-10-20/h3-10H,11-15H2,1-2H3,(H,27,28,31). The van der Waals surface area contributed by atoms with Gasteiger partial charge in [-0.3, -0.25) is 9.69 Å². The summed E-state index contributed by atoms with van der Waals surface area (Å²) in [6.07, 6.45) is 0. The van der Waals surface area contributed by atoms with Crippen molar-refractivity contribution in [3.05, 3.63) is 81.0 Å². The number of anilines is 1. The molecule has 1 aliphatic heterocycles. The zero-order valence-corrected chi connectivity index (χ0v) is 19.0. The van der Waals surface area contributed by atoms with Gasteiger partial charge < -0.3 is 9.88 Å². The number of halogens is 1. The third-order valence-electron chi connectivity index (χ3n) is 6.06. The van der Waals surface area contributed by atoms with Crippen LogP contribution >= 0.6 is 11.3 Å². The molecule has 7 heteroatoms. The molecule has 1 saturated heterocycles. The van der Waals surface area contributed by atoms with Gasteiger partial charge in [0, 0.05) is 42.3 Å². The maximum absolute atomic E-state index is 13.2. The van der Waals surface area contributed by atoms with E-state index in [9.17, 15) is 9.18 Å². The molecule has 4 aromatic rings. The van der Waals surface area contributed by atoms with Gasteiger partial charge in [-0.15, -0.1) is 11.3 Å². The molecular weight excluding hydrogens is 423 g/mol. The van der Waals surface area contributed by atoms with E-state index in [1.54, 1.807) is 11.3 Å². The Morgan fingerprint density at radius 1 is 1.00 bits per heavy atom. The number of nitrogens with zero attached hydrogens (tertiary/aromatic N) is 3. The van der Waals surface area contributed by atoms with Crippen molar-refractivity contribution in [2.45, 2.75) is 20.4 Å². The van der Waals surface area contributed by atoms with E-state index < -0.39 is 0 Å². The van der Waals surface area contributed by atoms with Gasteiger partial charge in [0.15, 0.2) is 0 Å². The number of aryl methyl sites for hydroxylation is 2. The number of benzene rings is 2. The van der Waals surface area contributed by atoms with Crippen molar-refractivity contribution >= 4 is 27.2 Å². The van der Waals surface area contributed by atoms with E-state index in [-0.39, 0.29) is 11.4 Å². The molecule has 164 valence electrons. The maximum Gasteiger partial charge on any atom is 0.260 e. The van der Waals surface area contributed by atoms with Gasteiger partial charge in [-0.25, -0.2) is 9.37 Å². The van der Waals surface area contributed by atoms with Crippen molar-refractivity contribution in [3.63, 3.8) is 0 Å². The first kappa shape index (κ1) is 20.8. The summed E-state index contributed by atoms with van der Waals surface area (Å²) < 4.78 is 13.2. The van der Waals surface area contributed by atoms with Gasteiger partial charge in [-0.1, -0.05) is 29.8 Å². The van der Waals surface area contributed by atoms with Crippen LogP contribution < -0.4 is 10.5 Å². The van der Waals surface area contributed by atoms with E-state index in [4.69, 9.17) is 4.98 Å². The molecule has 5 nitrogen and oxygen atoms in total. The Kier molecular flexibility index (Phi) is 5.53. The molecule has 32 heavy (non-hydrogen) atoms. The predicted molar refractivity (Wildman–Crippen MR) is 129 cm³/mol. The second kappa shape index (κ2) is 8.48. The fourth-order valence-corrected chi connectivity index (χ4v) is 5.40. The fourth-order valence-electron chi connectivity index (χ4n) is 4.33. The maximum atomic E-state index is 13.2. The van der Waals surface area contributed by atoms with Crippen LogP contribution in [0.2, 0.25) is 0 Å². The third-order valence-corrected chi connectivity index (χ3v) is 7.06. The number of thiophene rings is 1. The minimum atomic E-state index is -0.216. The summed E-state index contributed by atoms with van der Waals surface area (Å²) in [6.45, 7) is 8.15. The quantitative estimate of drug-likeness (QED) is 0.490. The Morgan fingerprint density at radius 2 is 1.69 bits per heavy atom. The molecule has 0 bridgehead atoms. The summed E-state index contributed by atoms with van der Waals surface area (Å²) in [6, 6.07) is 14.9. The molecule has 2 aromatic carbocycles. The van der Waals surface area contributed by atoms with Gasteiger partial charge in [0.1, 0.15) is 16.5 Å². The molecular formula is C25H25FN4OS. The highest BCUT2D eigenvalue weighted by Gasteiger charge is 2.20. The van der Waals surface area contributed by atoms with Crippen LogP contribution in [0.1, 0.15) is 16.3 Å². The zero-order chi connectivity index (χ0) is 22.2. The summed E-state index contributed by atoms with van der Waals surface area (Å²) in [5.74, 6) is 0.488. The van der Waals surface area contributed by atoms with Gasteiger partial charge in [0.05, 0.1) is 11.9 Å². The minimum absolute atomic E-state index is 0.0742. The smallest absolute Gasteiger partial charge is 0.260 e. The largest absolute Gasteiger partial charge is 0.369 e. The van der Waals surface area contributed by atoms with Gasteiger partial charge in [0.25, 0.3) is 5.56 Å². The lowest BCUT2D eigenvalue weighted by Gasteiger charge is -2.35. The topological polar surface area (TPSA) is 52.2 Å². The molecule has 0 spiro atoms. The lowest BCUT2D eigenvalue weighted by molar-refractivity contribution is 0.244. The van der Waals surface area contributed by atoms with Crippen LogP contribution in [0.25, 0.3) is 21.3 Å². The highest BCUT2D eigenvalue weighted by Crippen LogP contribution is 2.35. The van der Waals surface area contributed by atoms with E-state index in [0.717, 1.165) is 52.7 Å². The summed E-state index contributed by atoms with van der Waals surface area (Å²) >= 11 is 1.58. The molecule has 1 fully saturated rings. The Morgan fingerprint density at radius 3 is 2.38 bits per heavy atom. The first-order chi connectivity index (χ1) is 15.5. The van der Waals surface area contributed by atoms with Gasteiger partial charge in [-0.2, -0.15) is 0 Å². The first-order valence-corrected chi connectivity index (χ1v) is 11.6. The van der Waals surface area contributed by atoms with E-state index in [0.29, 0.717) is 17.8 Å². The van der Waals surface area contributed by atoms with Crippen molar-refractivity contribution in [1.82, 2.24) is 14.9 Å². The van der Waals surface area contributed by atoms with E-state index in [2.05, 4.69) is 52.9 Å². The Balaban J connectivity index is 1.34. The Hall–Kier alpha value is -3.03. The molecule has 0 aliphatic carbocycles. The Bertz CT molecular complexity index is 1300. The average Bonchev–Trinajstić information content (AvgIpc) is 3.12. The number of piperazine rings is 1. The van der Waals surface area contributed by atoms with E-state index >= 15 is 0 Å². The number of hydrogen-bond acceptors (Lipinski definition) is 5. The third kappa shape index (κ3) is 4.06. The van der Waals surface area contributed by atoms with Gasteiger partial charge >= 0.3 is 0 Å². The molecule has 0 radical (unpaired) electrons. The second-order valence-electron chi connectivity index (χ2n) is 8.33. The van der Waals surface area contributed by atoms with Crippen LogP contribution in [0.5, 0.6) is 0 Å². The molecule has 1 N–H and O–H groups in total. The molecule has 3 heterocycles. The molecule has 0 saturated carbocycles. The van der Waals surface area contributed by atoms with Crippen LogP contribution in [0.3, 0.4) is 0 Å². The highest BCUT2D eigenvalue weighted by atomic mass is 32.1. The van der Waals surface area contributed by atoms with Gasteiger partial charge in [0.2, 0.25) is 0 Å². The van der Waals surface area contributed by atoms with Crippen LogP contribution in [0.4, 0.5) is 10.1 Å². The van der Waals surface area contributed by atoms with E-state index in [1.807, 2.05) is 12.1 Å². The monoisotopic (exact) mass is 448 g/mol. The molecule has 2 aromatic heterocycles. The molecule has 5 rings (SSSR count). The normalized spacial score (nSPS) is 14.9. The number of nitrogens with one attached hydrogen (secondary N) is 1. The van der Waals surface area contributed by atoms with Crippen LogP contribution in [-0.4, -0.2) is 41.0 Å². The van der Waals surface area contributed by atoms with Crippen molar-refractivity contribution in [1.29, 1.82) is 0 Å². The predicted octanol–water partition coefficient (Wildman–Crippen LogP) is 4.73.